The van der Waals surface area contributed by atoms with Crippen LogP contribution in [0.15, 0.2) is 43.0 Å². The third kappa shape index (κ3) is 5.22. The van der Waals surface area contributed by atoms with Crippen molar-refractivity contribution >= 4 is 11.9 Å². The number of carbonyl (C=O) groups excluding carboxylic acids is 1. The van der Waals surface area contributed by atoms with E-state index < -0.39 is 0 Å². The summed E-state index contributed by atoms with van der Waals surface area (Å²) in [7, 11) is 0. The smallest absolute Gasteiger partial charge is 0.237 e. The molecule has 0 radical (unpaired) electrons. The normalized spacial score (nSPS) is 17.8. The molecule has 1 aliphatic rings. The number of piperidine rings is 1. The molecule has 1 fully saturated rings. The highest BCUT2D eigenvalue weighted by Crippen LogP contribution is 2.19. The first-order valence-corrected chi connectivity index (χ1v) is 8.74. The van der Waals surface area contributed by atoms with Gasteiger partial charge in [0, 0.05) is 44.4 Å². The fraction of sp³-hybridized carbons (Fsp3) is 0.444. The number of anilines is 1. The number of likely N-dealkylation sites (tertiary alicyclic amines) is 1. The number of pyridine rings is 1. The van der Waals surface area contributed by atoms with Gasteiger partial charge in [-0.15, -0.1) is 0 Å². The maximum absolute atomic E-state index is 12.6. The average Bonchev–Trinajstić information content (AvgIpc) is 2.67. The zero-order valence-corrected chi connectivity index (χ0v) is 14.3. The minimum absolute atomic E-state index is 0.0603. The third-order valence-corrected chi connectivity index (χ3v) is 4.32. The number of rotatable bonds is 7. The van der Waals surface area contributed by atoms with Crippen LogP contribution < -0.4 is 10.6 Å². The molecule has 1 saturated heterocycles. The summed E-state index contributed by atoms with van der Waals surface area (Å²) in [6.07, 6.45) is 10.1. The maximum Gasteiger partial charge on any atom is 0.237 e. The molecular weight excluding hydrogens is 316 g/mol. The molecule has 1 amide bonds. The lowest BCUT2D eigenvalue weighted by Crippen LogP contribution is -2.49. The Morgan fingerprint density at radius 2 is 1.92 bits per heavy atom. The number of aromatic nitrogens is 3. The van der Waals surface area contributed by atoms with Crippen LogP contribution in [0.5, 0.6) is 0 Å². The highest BCUT2D eigenvalue weighted by molar-refractivity contribution is 5.81. The number of nitrogens with zero attached hydrogens (tertiary/aromatic N) is 4. The number of carbonyl (C=O) groups is 1. The van der Waals surface area contributed by atoms with Gasteiger partial charge in [0.1, 0.15) is 0 Å². The molecule has 0 unspecified atom stereocenters. The standard InChI is InChI=1S/C18H24N6O/c25-17(20-11-12-23-18-21-7-3-8-22-18)16-4-1-2-13-24(16)14-15-5-9-19-10-6-15/h3,5-10,16H,1-2,4,11-14H2,(H,20,25)(H,21,22,23)/t16-/m1/s1. The Bertz CT molecular complexity index is 651. The molecule has 0 aliphatic carbocycles. The van der Waals surface area contributed by atoms with Crippen molar-refractivity contribution in [1.82, 2.24) is 25.2 Å². The van der Waals surface area contributed by atoms with E-state index in [9.17, 15) is 4.79 Å². The van der Waals surface area contributed by atoms with E-state index in [1.807, 2.05) is 12.1 Å². The largest absolute Gasteiger partial charge is 0.353 e. The summed E-state index contributed by atoms with van der Waals surface area (Å²) in [5.74, 6) is 0.679. The summed E-state index contributed by atoms with van der Waals surface area (Å²) in [5, 5.41) is 6.12. The van der Waals surface area contributed by atoms with Crippen molar-refractivity contribution in [3.63, 3.8) is 0 Å². The number of amides is 1. The van der Waals surface area contributed by atoms with Crippen LogP contribution in [0.25, 0.3) is 0 Å². The van der Waals surface area contributed by atoms with Crippen LogP contribution in [0.2, 0.25) is 0 Å². The molecule has 0 saturated carbocycles. The van der Waals surface area contributed by atoms with Gasteiger partial charge in [0.05, 0.1) is 6.04 Å². The molecule has 0 aromatic carbocycles. The SMILES string of the molecule is O=C(NCCNc1ncccn1)[C@H]1CCCCN1Cc1ccncc1. The molecule has 2 aromatic heterocycles. The molecule has 1 aliphatic heterocycles. The van der Waals surface area contributed by atoms with E-state index in [0.717, 1.165) is 32.4 Å². The van der Waals surface area contributed by atoms with Crippen molar-refractivity contribution in [2.45, 2.75) is 31.8 Å². The quantitative estimate of drug-likeness (QED) is 0.743. The molecule has 2 N–H and O–H groups in total. The summed E-state index contributed by atoms with van der Waals surface area (Å²) >= 11 is 0. The Labute approximate surface area is 147 Å². The highest BCUT2D eigenvalue weighted by Gasteiger charge is 2.28. The van der Waals surface area contributed by atoms with Crippen molar-refractivity contribution in [3.8, 4) is 0 Å². The van der Waals surface area contributed by atoms with Crippen LogP contribution in [0.4, 0.5) is 5.95 Å². The van der Waals surface area contributed by atoms with E-state index in [0.29, 0.717) is 19.0 Å². The lowest BCUT2D eigenvalue weighted by Gasteiger charge is -2.34. The van der Waals surface area contributed by atoms with Crippen LogP contribution in [-0.4, -0.2) is 51.4 Å². The number of hydrogen-bond acceptors (Lipinski definition) is 6. The zero-order valence-electron chi connectivity index (χ0n) is 14.3. The van der Waals surface area contributed by atoms with Gasteiger partial charge in [-0.25, -0.2) is 9.97 Å². The molecule has 3 heterocycles. The fourth-order valence-corrected chi connectivity index (χ4v) is 3.07. The molecular formula is C18H24N6O. The van der Waals surface area contributed by atoms with Crippen LogP contribution in [0, 0.1) is 0 Å². The molecule has 0 bridgehead atoms. The van der Waals surface area contributed by atoms with Crippen molar-refractivity contribution in [2.24, 2.45) is 0 Å². The molecule has 1 atom stereocenters. The first kappa shape index (κ1) is 17.3. The summed E-state index contributed by atoms with van der Waals surface area (Å²) in [6, 6.07) is 5.73. The van der Waals surface area contributed by atoms with Gasteiger partial charge in [-0.2, -0.15) is 0 Å². The molecule has 3 rings (SSSR count). The molecule has 25 heavy (non-hydrogen) atoms. The van der Waals surface area contributed by atoms with E-state index in [4.69, 9.17) is 0 Å². The second-order valence-electron chi connectivity index (χ2n) is 6.13. The van der Waals surface area contributed by atoms with Gasteiger partial charge in [0.15, 0.2) is 0 Å². The van der Waals surface area contributed by atoms with Crippen molar-refractivity contribution in [1.29, 1.82) is 0 Å². The molecule has 7 nitrogen and oxygen atoms in total. The third-order valence-electron chi connectivity index (χ3n) is 4.32. The minimum Gasteiger partial charge on any atom is -0.353 e. The predicted molar refractivity (Wildman–Crippen MR) is 95.8 cm³/mol. The van der Waals surface area contributed by atoms with Crippen LogP contribution in [0.3, 0.4) is 0 Å². The van der Waals surface area contributed by atoms with Crippen LogP contribution in [-0.2, 0) is 11.3 Å². The minimum atomic E-state index is -0.0603. The molecule has 132 valence electrons. The highest BCUT2D eigenvalue weighted by atomic mass is 16.2. The summed E-state index contributed by atoms with van der Waals surface area (Å²) in [4.78, 5) is 27.1. The average molecular weight is 340 g/mol. The second-order valence-corrected chi connectivity index (χ2v) is 6.13. The second kappa shape index (κ2) is 9.08. The van der Waals surface area contributed by atoms with E-state index in [1.165, 1.54) is 5.56 Å². The van der Waals surface area contributed by atoms with Crippen molar-refractivity contribution in [3.05, 3.63) is 48.5 Å². The molecule has 2 aromatic rings. The monoisotopic (exact) mass is 340 g/mol. The van der Waals surface area contributed by atoms with Crippen molar-refractivity contribution < 1.29 is 4.79 Å². The Morgan fingerprint density at radius 3 is 2.72 bits per heavy atom. The Kier molecular flexibility index (Phi) is 6.28. The van der Waals surface area contributed by atoms with E-state index in [2.05, 4.69) is 30.5 Å². The maximum atomic E-state index is 12.6. The van der Waals surface area contributed by atoms with Gasteiger partial charge >= 0.3 is 0 Å². The molecule has 7 heteroatoms. The number of nitrogens with one attached hydrogen (secondary N) is 2. The van der Waals surface area contributed by atoms with Gasteiger partial charge in [-0.05, 0) is 43.1 Å². The van der Waals surface area contributed by atoms with E-state index in [-0.39, 0.29) is 11.9 Å². The lowest BCUT2D eigenvalue weighted by atomic mass is 10.0. The van der Waals surface area contributed by atoms with Gasteiger partial charge in [0.2, 0.25) is 11.9 Å². The molecule has 0 spiro atoms. The van der Waals surface area contributed by atoms with Crippen LogP contribution in [0.1, 0.15) is 24.8 Å². The van der Waals surface area contributed by atoms with Crippen molar-refractivity contribution in [2.75, 3.05) is 25.0 Å². The number of hydrogen-bond donors (Lipinski definition) is 2. The Hall–Kier alpha value is -2.54. The van der Waals surface area contributed by atoms with E-state index >= 15 is 0 Å². The first-order valence-electron chi connectivity index (χ1n) is 8.74. The Morgan fingerprint density at radius 1 is 1.12 bits per heavy atom. The zero-order chi connectivity index (χ0) is 17.3. The van der Waals surface area contributed by atoms with Crippen LogP contribution >= 0.6 is 0 Å². The summed E-state index contributed by atoms with van der Waals surface area (Å²) in [5.41, 5.74) is 1.19. The fourth-order valence-electron chi connectivity index (χ4n) is 3.07. The summed E-state index contributed by atoms with van der Waals surface area (Å²) in [6.45, 7) is 2.90. The summed E-state index contributed by atoms with van der Waals surface area (Å²) < 4.78 is 0. The van der Waals surface area contributed by atoms with Gasteiger partial charge in [-0.1, -0.05) is 6.42 Å². The van der Waals surface area contributed by atoms with E-state index in [1.54, 1.807) is 30.9 Å². The van der Waals surface area contributed by atoms with Gasteiger partial charge in [0.25, 0.3) is 0 Å². The van der Waals surface area contributed by atoms with Gasteiger partial charge in [-0.3, -0.25) is 14.7 Å². The van der Waals surface area contributed by atoms with Gasteiger partial charge < -0.3 is 10.6 Å². The lowest BCUT2D eigenvalue weighted by molar-refractivity contribution is -0.127. The first-order chi connectivity index (χ1) is 12.3. The topological polar surface area (TPSA) is 83.0 Å². The predicted octanol–water partition coefficient (Wildman–Crippen LogP) is 1.45. The Balaban J connectivity index is 1.47.